The zero-order chi connectivity index (χ0) is 35.1. The van der Waals surface area contributed by atoms with E-state index in [2.05, 4.69) is 21.3 Å². The van der Waals surface area contributed by atoms with Gasteiger partial charge in [-0.15, -0.1) is 3.89 Å². The number of likely N-dealkylation sites (tertiary alicyclic amines) is 1. The summed E-state index contributed by atoms with van der Waals surface area (Å²) in [5.41, 5.74) is 1.27. The van der Waals surface area contributed by atoms with Crippen molar-refractivity contribution >= 4 is 27.7 Å². The minimum Gasteiger partial charge on any atom is -0.497 e. The largest absolute Gasteiger partial charge is 0.529 e. The van der Waals surface area contributed by atoms with E-state index in [1.807, 2.05) is 11.9 Å². The molecule has 0 radical (unpaired) electrons. The maximum atomic E-state index is 15.4. The average Bonchev–Trinajstić information content (AvgIpc) is 3.45. The Balaban J connectivity index is 1.72. The molecule has 2 fully saturated rings. The minimum absolute atomic E-state index is 0.128. The third-order valence-corrected chi connectivity index (χ3v) is 12.4. The van der Waals surface area contributed by atoms with E-state index >= 15 is 8.42 Å². The first-order valence-electron chi connectivity index (χ1n) is 15.9. The molecule has 3 aromatic rings. The van der Waals surface area contributed by atoms with Crippen molar-refractivity contribution in [3.8, 4) is 23.4 Å². The first-order chi connectivity index (χ1) is 23.5. The molecule has 0 spiro atoms. The summed E-state index contributed by atoms with van der Waals surface area (Å²) < 4.78 is 45.6. The number of rotatable bonds is 8. The van der Waals surface area contributed by atoms with Gasteiger partial charge in [-0.05, 0) is 62.8 Å². The number of para-hydroxylation sites is 1. The fourth-order valence-electron chi connectivity index (χ4n) is 7.82. The van der Waals surface area contributed by atoms with Gasteiger partial charge in [0.1, 0.15) is 24.0 Å². The highest BCUT2D eigenvalue weighted by Gasteiger charge is 2.70. The Hall–Kier alpha value is -4.75. The second-order valence-corrected chi connectivity index (χ2v) is 14.5. The van der Waals surface area contributed by atoms with Crippen LogP contribution in [0.1, 0.15) is 35.9 Å². The summed E-state index contributed by atoms with van der Waals surface area (Å²) >= 11 is 0. The van der Waals surface area contributed by atoms with Crippen molar-refractivity contribution in [2.75, 3.05) is 53.3 Å². The minimum atomic E-state index is -5.04. The van der Waals surface area contributed by atoms with Gasteiger partial charge in [0.25, 0.3) is 0 Å². The number of pyridine rings is 1. The van der Waals surface area contributed by atoms with E-state index in [1.54, 1.807) is 36.4 Å². The van der Waals surface area contributed by atoms with Gasteiger partial charge in [0, 0.05) is 29.6 Å². The van der Waals surface area contributed by atoms with Crippen LogP contribution < -0.4 is 19.5 Å². The van der Waals surface area contributed by atoms with Crippen LogP contribution in [-0.4, -0.2) is 110 Å². The number of ether oxygens (including phenoxy) is 3. The van der Waals surface area contributed by atoms with Crippen LogP contribution in [0.3, 0.4) is 0 Å². The lowest BCUT2D eigenvalue weighted by molar-refractivity contribution is -0.778. The Morgan fingerprint density at radius 2 is 1.76 bits per heavy atom. The maximum absolute atomic E-state index is 15.4. The van der Waals surface area contributed by atoms with Crippen molar-refractivity contribution in [1.82, 2.24) is 14.8 Å². The van der Waals surface area contributed by atoms with Gasteiger partial charge in [-0.2, -0.15) is 18.5 Å². The molecule has 3 aliphatic rings. The van der Waals surface area contributed by atoms with Crippen LogP contribution in [-0.2, 0) is 14.8 Å². The van der Waals surface area contributed by atoms with Crippen molar-refractivity contribution in [3.05, 3.63) is 71.9 Å². The normalized spacial score (nSPS) is 26.3. The number of aromatic nitrogens is 1. The summed E-state index contributed by atoms with van der Waals surface area (Å²) in [6.45, 7) is 0.729. The molecule has 2 aromatic carbocycles. The van der Waals surface area contributed by atoms with E-state index in [4.69, 9.17) is 14.2 Å². The number of benzene rings is 2. The van der Waals surface area contributed by atoms with E-state index < -0.39 is 61.4 Å². The SMILES string of the molecule is COc1ccc(S(=O)(=O)[N+]2(C(=O)O)CC(C#N)N(C3CCN(C)CC3)C(c3cccnc3OC)C2C2C(=O)Nc3ccccc32)c(OC)c1. The zero-order valence-electron chi connectivity index (χ0n) is 27.6. The molecule has 0 aliphatic carbocycles. The summed E-state index contributed by atoms with van der Waals surface area (Å²) in [5.74, 6) is -1.56. The van der Waals surface area contributed by atoms with Crippen molar-refractivity contribution in [1.29, 1.82) is 5.26 Å². The van der Waals surface area contributed by atoms with Crippen LogP contribution in [0.25, 0.3) is 0 Å². The number of hydrogen-bond donors (Lipinski definition) is 2. The topological polar surface area (TPSA) is 171 Å². The summed E-state index contributed by atoms with van der Waals surface area (Å²) in [6.07, 6.45) is 1.02. The number of quaternary nitrogens is 1. The van der Waals surface area contributed by atoms with Crippen molar-refractivity contribution in [2.45, 2.75) is 47.8 Å². The van der Waals surface area contributed by atoms with Gasteiger partial charge in [0.15, 0.2) is 17.0 Å². The molecule has 4 heterocycles. The number of nitriles is 1. The highest BCUT2D eigenvalue weighted by atomic mass is 32.2. The lowest BCUT2D eigenvalue weighted by Crippen LogP contribution is -2.76. The van der Waals surface area contributed by atoms with Crippen LogP contribution in [0.4, 0.5) is 10.5 Å². The molecule has 5 atom stereocenters. The number of anilines is 1. The number of sulfonamides is 1. The summed E-state index contributed by atoms with van der Waals surface area (Å²) in [6, 6.07) is 12.3. The van der Waals surface area contributed by atoms with Crippen LogP contribution in [0.5, 0.6) is 17.4 Å². The zero-order valence-corrected chi connectivity index (χ0v) is 28.5. The first-order valence-corrected chi connectivity index (χ1v) is 17.3. The molecule has 2 N–H and O–H groups in total. The molecule has 49 heavy (non-hydrogen) atoms. The fourth-order valence-corrected chi connectivity index (χ4v) is 9.91. The lowest BCUT2D eigenvalue weighted by Gasteiger charge is -2.55. The Bertz CT molecular complexity index is 1910. The molecular weight excluding hydrogens is 652 g/mol. The van der Waals surface area contributed by atoms with E-state index in [-0.39, 0.29) is 17.7 Å². The number of piperidine rings is 1. The number of hydrogen-bond acceptors (Lipinski definition) is 11. The first kappa shape index (κ1) is 34.1. The van der Waals surface area contributed by atoms with Gasteiger partial charge in [-0.3, -0.25) is 9.69 Å². The van der Waals surface area contributed by atoms with Crippen LogP contribution >= 0.6 is 0 Å². The molecule has 5 unspecified atom stereocenters. The highest BCUT2D eigenvalue weighted by Crippen LogP contribution is 2.54. The number of nitrogens with one attached hydrogen (secondary N) is 1. The molecule has 0 bridgehead atoms. The van der Waals surface area contributed by atoms with E-state index in [9.17, 15) is 20.0 Å². The number of amides is 2. The molecule has 3 aliphatic heterocycles. The standard InChI is InChI=1S/C34H38N6O8S/c1-38-16-13-21(14-17-38)39-22(19-35)20-40(34(42)43,49(44,45)28-12-11-23(46-2)18-27(28)47-3)31(30(39)25-9-7-15-36-33(25)48-4)29-24-8-5-6-10-26(24)37-32(29)41/h5-12,15,18,21-22,29-31H,13-14,16-17,20H2,1-4H3,(H-,37,41,42,43)/p+1. The number of nitrogens with zero attached hydrogens (tertiary/aromatic N) is 5. The van der Waals surface area contributed by atoms with E-state index in [0.717, 1.165) is 0 Å². The van der Waals surface area contributed by atoms with Gasteiger partial charge < -0.3 is 29.5 Å². The second-order valence-electron chi connectivity index (χ2n) is 12.5. The van der Waals surface area contributed by atoms with Gasteiger partial charge in [0.05, 0.1) is 33.4 Å². The number of fused-ring (bicyclic) bond motifs is 1. The predicted molar refractivity (Wildman–Crippen MR) is 177 cm³/mol. The third kappa shape index (κ3) is 5.45. The van der Waals surface area contributed by atoms with Crippen LogP contribution in [0, 0.1) is 11.3 Å². The lowest BCUT2D eigenvalue weighted by atomic mass is 9.79. The number of carboxylic acid groups (broad SMARTS) is 1. The molecule has 258 valence electrons. The highest BCUT2D eigenvalue weighted by molar-refractivity contribution is 7.86. The van der Waals surface area contributed by atoms with Crippen molar-refractivity contribution in [3.63, 3.8) is 0 Å². The average molecular weight is 692 g/mol. The van der Waals surface area contributed by atoms with Gasteiger partial charge in [-0.25, -0.2) is 4.98 Å². The van der Waals surface area contributed by atoms with E-state index in [1.165, 1.54) is 45.7 Å². The molecular formula is C34H39N6O8S+. The number of piperazine rings is 1. The van der Waals surface area contributed by atoms with Crippen LogP contribution in [0.15, 0.2) is 65.7 Å². The quantitative estimate of drug-likeness (QED) is 0.330. The summed E-state index contributed by atoms with van der Waals surface area (Å²) in [7, 11) is 1.06. The molecule has 0 saturated carbocycles. The number of carbonyl (C=O) groups excluding carboxylic acids is 1. The smallest absolute Gasteiger partial charge is 0.497 e. The molecule has 6 rings (SSSR count). The third-order valence-electron chi connectivity index (χ3n) is 10.1. The molecule has 1 aromatic heterocycles. The Kier molecular flexibility index (Phi) is 9.25. The monoisotopic (exact) mass is 691 g/mol. The summed E-state index contributed by atoms with van der Waals surface area (Å²) in [4.78, 5) is 36.5. The fraction of sp³-hybridized carbons (Fsp3) is 0.412. The van der Waals surface area contributed by atoms with E-state index in [0.29, 0.717) is 48.5 Å². The van der Waals surface area contributed by atoms with Gasteiger partial charge in [-0.1, -0.05) is 24.3 Å². The van der Waals surface area contributed by atoms with Crippen molar-refractivity contribution < 1.29 is 41.2 Å². The predicted octanol–water partition coefficient (Wildman–Crippen LogP) is 3.44. The van der Waals surface area contributed by atoms with Gasteiger partial charge in [0.2, 0.25) is 11.8 Å². The molecule has 15 heteroatoms. The molecule has 2 saturated heterocycles. The number of carbonyl (C=O) groups is 2. The van der Waals surface area contributed by atoms with Gasteiger partial charge >= 0.3 is 16.1 Å². The molecule has 14 nitrogen and oxygen atoms in total. The number of methoxy groups -OCH3 is 3. The second kappa shape index (κ2) is 13.3. The van der Waals surface area contributed by atoms with Crippen molar-refractivity contribution in [2.24, 2.45) is 0 Å². The van der Waals surface area contributed by atoms with Crippen LogP contribution in [0.2, 0.25) is 0 Å². The Morgan fingerprint density at radius 1 is 1.04 bits per heavy atom. The molecule has 2 amide bonds. The Labute approximate surface area is 285 Å². The maximum Gasteiger partial charge on any atom is 0.529 e. The Morgan fingerprint density at radius 3 is 2.41 bits per heavy atom. The summed E-state index contributed by atoms with van der Waals surface area (Å²) in [5, 5.41) is 25.2.